The summed E-state index contributed by atoms with van der Waals surface area (Å²) in [5.41, 5.74) is 8.80. The van der Waals surface area contributed by atoms with Crippen LogP contribution in [0, 0.1) is 6.92 Å². The first kappa shape index (κ1) is 24.3. The second kappa shape index (κ2) is 12.7. The first-order valence-corrected chi connectivity index (χ1v) is 9.11. The summed E-state index contributed by atoms with van der Waals surface area (Å²) in [5, 5.41) is 3.52. The van der Waals surface area contributed by atoms with Crippen molar-refractivity contribution in [2.24, 2.45) is 10.7 Å². The molecule has 0 unspecified atom stereocenters. The zero-order valence-corrected chi connectivity index (χ0v) is 19.4. The molecule has 0 aliphatic rings. The molecule has 0 aromatic heterocycles. The molecule has 0 saturated carbocycles. The summed E-state index contributed by atoms with van der Waals surface area (Å²) in [6.07, 6.45) is 0. The minimum atomic E-state index is 0. The molecule has 8 heteroatoms. The molecule has 0 aliphatic carbocycles. The van der Waals surface area contributed by atoms with Crippen LogP contribution in [-0.2, 0) is 11.3 Å². The zero-order chi connectivity index (χ0) is 19.6. The summed E-state index contributed by atoms with van der Waals surface area (Å²) in [6.45, 7) is 6.09. The molecule has 0 amide bonds. The highest BCUT2D eigenvalue weighted by Crippen LogP contribution is 2.27. The van der Waals surface area contributed by atoms with E-state index in [9.17, 15) is 0 Å². The van der Waals surface area contributed by atoms with Crippen LogP contribution in [0.3, 0.4) is 0 Å². The van der Waals surface area contributed by atoms with Gasteiger partial charge in [0.1, 0.15) is 18.1 Å². The van der Waals surface area contributed by atoms with E-state index in [1.54, 1.807) is 19.2 Å². The molecule has 3 N–H and O–H groups in total. The van der Waals surface area contributed by atoms with Crippen LogP contribution in [0.1, 0.15) is 18.1 Å². The molecule has 0 radical (unpaired) electrons. The molecule has 0 bridgehead atoms. The molecular weight excluding hydrogens is 493 g/mol. The maximum atomic E-state index is 6.12. The maximum Gasteiger partial charge on any atom is 0.193 e. The lowest BCUT2D eigenvalue weighted by molar-refractivity contribution is 0.110. The summed E-state index contributed by atoms with van der Waals surface area (Å²) in [5.74, 6) is 1.68. The minimum absolute atomic E-state index is 0. The number of anilines is 1. The average molecular weight is 520 g/mol. The van der Waals surface area contributed by atoms with Gasteiger partial charge in [0.25, 0.3) is 0 Å². The van der Waals surface area contributed by atoms with E-state index in [0.29, 0.717) is 37.1 Å². The van der Waals surface area contributed by atoms with E-state index in [0.717, 1.165) is 22.6 Å². The Morgan fingerprint density at radius 2 is 1.93 bits per heavy atom. The molecular formula is C20H27ClIN3O3. The Morgan fingerprint density at radius 3 is 2.61 bits per heavy atom. The summed E-state index contributed by atoms with van der Waals surface area (Å²) in [6, 6.07) is 11.3. The van der Waals surface area contributed by atoms with Crippen molar-refractivity contribution in [3.05, 3.63) is 52.5 Å². The van der Waals surface area contributed by atoms with E-state index in [1.165, 1.54) is 0 Å². The van der Waals surface area contributed by atoms with E-state index < -0.39 is 0 Å². The Balaban J connectivity index is 0.00000392. The molecule has 0 atom stereocenters. The fourth-order valence-electron chi connectivity index (χ4n) is 2.38. The Hall–Kier alpha value is -1.71. The molecule has 2 rings (SSSR count). The highest BCUT2D eigenvalue weighted by atomic mass is 127. The molecule has 28 heavy (non-hydrogen) atoms. The Labute approximate surface area is 188 Å². The number of hydrogen-bond acceptors (Lipinski definition) is 4. The number of rotatable bonds is 9. The normalized spacial score (nSPS) is 10.9. The van der Waals surface area contributed by atoms with Crippen molar-refractivity contribution in [2.45, 2.75) is 20.4 Å². The zero-order valence-electron chi connectivity index (χ0n) is 16.3. The van der Waals surface area contributed by atoms with Gasteiger partial charge in [0, 0.05) is 17.9 Å². The van der Waals surface area contributed by atoms with Gasteiger partial charge in [-0.3, -0.25) is 0 Å². The molecule has 2 aromatic carbocycles. The first-order valence-electron chi connectivity index (χ1n) is 8.74. The van der Waals surface area contributed by atoms with Gasteiger partial charge in [0.05, 0.1) is 25.3 Å². The molecule has 6 nitrogen and oxygen atoms in total. The Bertz CT molecular complexity index is 787. The number of guanidine groups is 1. The van der Waals surface area contributed by atoms with Crippen molar-refractivity contribution in [3.63, 3.8) is 0 Å². The molecule has 2 aromatic rings. The second-order valence-electron chi connectivity index (χ2n) is 5.83. The summed E-state index contributed by atoms with van der Waals surface area (Å²) in [4.78, 5) is 4.39. The predicted molar refractivity (Wildman–Crippen MR) is 126 cm³/mol. The molecule has 0 fully saturated rings. The van der Waals surface area contributed by atoms with Crippen molar-refractivity contribution >= 4 is 47.2 Å². The van der Waals surface area contributed by atoms with Crippen LogP contribution in [0.5, 0.6) is 11.5 Å². The van der Waals surface area contributed by atoms with Crippen LogP contribution in [0.15, 0.2) is 41.4 Å². The SMILES string of the molecule is CCOCCOc1cc(C)ccc1CN=C(N)Nc1ccc(OC)c(Cl)c1.I. The average Bonchev–Trinajstić information content (AvgIpc) is 2.64. The molecule has 0 spiro atoms. The fourth-order valence-corrected chi connectivity index (χ4v) is 2.64. The van der Waals surface area contributed by atoms with E-state index in [4.69, 9.17) is 31.5 Å². The van der Waals surface area contributed by atoms with Gasteiger partial charge in [-0.05, 0) is 43.7 Å². The lowest BCUT2D eigenvalue weighted by Crippen LogP contribution is -2.22. The lowest BCUT2D eigenvalue weighted by atomic mass is 10.1. The largest absolute Gasteiger partial charge is 0.495 e. The predicted octanol–water partition coefficient (Wildman–Crippen LogP) is 4.62. The van der Waals surface area contributed by atoms with Crippen molar-refractivity contribution < 1.29 is 14.2 Å². The molecule has 0 saturated heterocycles. The number of nitrogens with two attached hydrogens (primary N) is 1. The fraction of sp³-hybridized carbons (Fsp3) is 0.350. The van der Waals surface area contributed by atoms with Crippen molar-refractivity contribution in [1.82, 2.24) is 0 Å². The van der Waals surface area contributed by atoms with Gasteiger partial charge >= 0.3 is 0 Å². The number of aliphatic imine (C=N–C) groups is 1. The smallest absolute Gasteiger partial charge is 0.193 e. The van der Waals surface area contributed by atoms with Crippen LogP contribution >= 0.6 is 35.6 Å². The van der Waals surface area contributed by atoms with Gasteiger partial charge in [-0.2, -0.15) is 0 Å². The quantitative estimate of drug-likeness (QED) is 0.219. The number of aryl methyl sites for hydroxylation is 1. The summed E-state index contributed by atoms with van der Waals surface area (Å²) in [7, 11) is 1.57. The number of hydrogen-bond donors (Lipinski definition) is 2. The van der Waals surface area contributed by atoms with E-state index in [2.05, 4.69) is 10.3 Å². The van der Waals surface area contributed by atoms with Crippen LogP contribution < -0.4 is 20.5 Å². The van der Waals surface area contributed by atoms with E-state index in [1.807, 2.05) is 38.1 Å². The lowest BCUT2D eigenvalue weighted by Gasteiger charge is -2.12. The number of nitrogens with one attached hydrogen (secondary N) is 1. The van der Waals surface area contributed by atoms with Crippen LogP contribution in [0.2, 0.25) is 5.02 Å². The third kappa shape index (κ3) is 7.73. The highest BCUT2D eigenvalue weighted by Gasteiger charge is 2.06. The Morgan fingerprint density at radius 1 is 1.14 bits per heavy atom. The van der Waals surface area contributed by atoms with E-state index in [-0.39, 0.29) is 29.9 Å². The van der Waals surface area contributed by atoms with Crippen molar-refractivity contribution in [3.8, 4) is 11.5 Å². The van der Waals surface area contributed by atoms with E-state index >= 15 is 0 Å². The summed E-state index contributed by atoms with van der Waals surface area (Å²) >= 11 is 6.12. The topological polar surface area (TPSA) is 78.1 Å². The third-order valence-corrected chi connectivity index (χ3v) is 4.05. The number of nitrogens with zero attached hydrogens (tertiary/aromatic N) is 1. The van der Waals surface area contributed by atoms with Gasteiger partial charge in [-0.15, -0.1) is 24.0 Å². The Kier molecular flexibility index (Phi) is 11.0. The first-order chi connectivity index (χ1) is 13.0. The third-order valence-electron chi connectivity index (χ3n) is 3.76. The maximum absolute atomic E-state index is 6.12. The minimum Gasteiger partial charge on any atom is -0.495 e. The van der Waals surface area contributed by atoms with Crippen LogP contribution in [0.25, 0.3) is 0 Å². The number of halogens is 2. The second-order valence-corrected chi connectivity index (χ2v) is 6.24. The van der Waals surface area contributed by atoms with Gasteiger partial charge in [-0.1, -0.05) is 23.7 Å². The number of benzene rings is 2. The molecule has 0 aliphatic heterocycles. The molecule has 0 heterocycles. The van der Waals surface area contributed by atoms with Crippen molar-refractivity contribution in [1.29, 1.82) is 0 Å². The number of methoxy groups -OCH3 is 1. The van der Waals surface area contributed by atoms with Gasteiger partial charge in [0.15, 0.2) is 5.96 Å². The van der Waals surface area contributed by atoms with Crippen LogP contribution in [0.4, 0.5) is 5.69 Å². The van der Waals surface area contributed by atoms with Gasteiger partial charge < -0.3 is 25.3 Å². The van der Waals surface area contributed by atoms with Crippen molar-refractivity contribution in [2.75, 3.05) is 32.2 Å². The number of ether oxygens (including phenoxy) is 3. The molecule has 154 valence electrons. The standard InChI is InChI=1S/C20H26ClN3O3.HI/c1-4-26-9-10-27-19-11-14(2)5-6-15(19)13-23-20(22)24-16-7-8-18(25-3)17(21)12-16;/h5-8,11-12H,4,9-10,13H2,1-3H3,(H3,22,23,24);1H. The monoisotopic (exact) mass is 519 g/mol. The highest BCUT2D eigenvalue weighted by molar-refractivity contribution is 14.0. The van der Waals surface area contributed by atoms with Gasteiger partial charge in [0.2, 0.25) is 0 Å². The van der Waals surface area contributed by atoms with Crippen LogP contribution in [-0.4, -0.2) is 32.9 Å². The van der Waals surface area contributed by atoms with Gasteiger partial charge in [-0.25, -0.2) is 4.99 Å². The summed E-state index contributed by atoms with van der Waals surface area (Å²) < 4.78 is 16.3.